The minimum Gasteiger partial charge on any atom is -0.305 e. The van der Waals surface area contributed by atoms with E-state index in [1.807, 2.05) is 36.7 Å². The molecular weight excluding hydrogens is 198 g/mol. The highest BCUT2D eigenvalue weighted by atomic mass is 14.9. The van der Waals surface area contributed by atoms with E-state index in [0.717, 1.165) is 12.2 Å². The van der Waals surface area contributed by atoms with Crippen molar-refractivity contribution in [3.63, 3.8) is 0 Å². The lowest BCUT2D eigenvalue weighted by Crippen LogP contribution is -2.18. The average molecular weight is 213 g/mol. The molecule has 2 aromatic rings. The van der Waals surface area contributed by atoms with Gasteiger partial charge in [-0.1, -0.05) is 12.1 Å². The zero-order valence-electron chi connectivity index (χ0n) is 9.30. The van der Waals surface area contributed by atoms with Crippen LogP contribution in [0.3, 0.4) is 0 Å². The third kappa shape index (κ3) is 2.87. The van der Waals surface area contributed by atoms with E-state index in [0.29, 0.717) is 0 Å². The van der Waals surface area contributed by atoms with Crippen molar-refractivity contribution in [3.05, 3.63) is 60.2 Å². The van der Waals surface area contributed by atoms with Crippen LogP contribution in [0.4, 0.5) is 0 Å². The van der Waals surface area contributed by atoms with Gasteiger partial charge in [-0.05, 0) is 30.7 Å². The van der Waals surface area contributed by atoms with Gasteiger partial charge >= 0.3 is 0 Å². The molecule has 0 amide bonds. The van der Waals surface area contributed by atoms with Crippen LogP contribution in [-0.4, -0.2) is 9.97 Å². The lowest BCUT2D eigenvalue weighted by molar-refractivity contribution is 0.561. The van der Waals surface area contributed by atoms with Gasteiger partial charge in [-0.2, -0.15) is 0 Å². The molecule has 1 N–H and O–H groups in total. The molecule has 2 heterocycles. The summed E-state index contributed by atoms with van der Waals surface area (Å²) in [5.74, 6) is 0. The minimum atomic E-state index is 0.251. The number of aromatic nitrogens is 2. The maximum Gasteiger partial charge on any atom is 0.0570 e. The number of pyridine rings is 2. The Kier molecular flexibility index (Phi) is 3.62. The van der Waals surface area contributed by atoms with Crippen molar-refractivity contribution in [1.29, 1.82) is 0 Å². The molecule has 0 bridgehead atoms. The van der Waals surface area contributed by atoms with E-state index >= 15 is 0 Å². The maximum absolute atomic E-state index is 4.31. The summed E-state index contributed by atoms with van der Waals surface area (Å²) in [6.45, 7) is 2.92. The summed E-state index contributed by atoms with van der Waals surface area (Å²) in [7, 11) is 0. The summed E-state index contributed by atoms with van der Waals surface area (Å²) in [4.78, 5) is 8.39. The molecule has 16 heavy (non-hydrogen) atoms. The van der Waals surface area contributed by atoms with Crippen LogP contribution in [0.5, 0.6) is 0 Å². The molecule has 3 nitrogen and oxygen atoms in total. The Labute approximate surface area is 95.6 Å². The molecule has 0 aromatic carbocycles. The van der Waals surface area contributed by atoms with Crippen molar-refractivity contribution in [2.24, 2.45) is 0 Å². The van der Waals surface area contributed by atoms with Gasteiger partial charge < -0.3 is 5.32 Å². The molecule has 0 saturated heterocycles. The van der Waals surface area contributed by atoms with Crippen molar-refractivity contribution in [3.8, 4) is 0 Å². The van der Waals surface area contributed by atoms with E-state index in [4.69, 9.17) is 0 Å². The molecule has 0 aliphatic carbocycles. The second-order valence-electron chi connectivity index (χ2n) is 3.72. The fourth-order valence-corrected chi connectivity index (χ4v) is 1.51. The largest absolute Gasteiger partial charge is 0.305 e. The Bertz CT molecular complexity index is 414. The highest BCUT2D eigenvalue weighted by Gasteiger charge is 2.04. The van der Waals surface area contributed by atoms with Gasteiger partial charge in [0.25, 0.3) is 0 Å². The predicted octanol–water partition coefficient (Wildman–Crippen LogP) is 2.33. The molecule has 0 aliphatic rings. The second-order valence-corrected chi connectivity index (χ2v) is 3.72. The van der Waals surface area contributed by atoms with E-state index in [1.54, 1.807) is 6.20 Å². The van der Waals surface area contributed by atoms with Gasteiger partial charge in [-0.15, -0.1) is 0 Å². The van der Waals surface area contributed by atoms with Crippen molar-refractivity contribution in [2.45, 2.75) is 19.5 Å². The molecule has 2 rings (SSSR count). The summed E-state index contributed by atoms with van der Waals surface area (Å²) in [5.41, 5.74) is 2.25. The third-order valence-corrected chi connectivity index (χ3v) is 2.47. The summed E-state index contributed by atoms with van der Waals surface area (Å²) < 4.78 is 0. The number of nitrogens with zero attached hydrogens (tertiary/aromatic N) is 2. The molecule has 0 saturated carbocycles. The Morgan fingerprint density at radius 2 is 2.12 bits per heavy atom. The van der Waals surface area contributed by atoms with Crippen LogP contribution in [-0.2, 0) is 6.54 Å². The molecule has 3 heteroatoms. The van der Waals surface area contributed by atoms with E-state index in [1.165, 1.54) is 5.56 Å². The van der Waals surface area contributed by atoms with Crippen molar-refractivity contribution < 1.29 is 0 Å². The number of hydrogen-bond donors (Lipinski definition) is 1. The Morgan fingerprint density at radius 3 is 2.81 bits per heavy atom. The lowest BCUT2D eigenvalue weighted by atomic mass is 10.2. The SMILES string of the molecule is C[C@@H](NCc1cccnc1)c1ccccn1. The quantitative estimate of drug-likeness (QED) is 0.847. The molecule has 0 aliphatic heterocycles. The molecule has 2 aromatic heterocycles. The normalized spacial score (nSPS) is 12.3. The van der Waals surface area contributed by atoms with Gasteiger partial charge in [-0.25, -0.2) is 0 Å². The second kappa shape index (κ2) is 5.37. The van der Waals surface area contributed by atoms with Gasteiger partial charge in [0.15, 0.2) is 0 Å². The van der Waals surface area contributed by atoms with Crippen molar-refractivity contribution in [2.75, 3.05) is 0 Å². The van der Waals surface area contributed by atoms with Gasteiger partial charge in [0.2, 0.25) is 0 Å². The Morgan fingerprint density at radius 1 is 1.19 bits per heavy atom. The van der Waals surface area contributed by atoms with Gasteiger partial charge in [0, 0.05) is 31.2 Å². The van der Waals surface area contributed by atoms with Crippen LogP contribution in [0, 0.1) is 0 Å². The zero-order valence-corrected chi connectivity index (χ0v) is 9.30. The van der Waals surface area contributed by atoms with Crippen LogP contribution >= 0.6 is 0 Å². The molecule has 0 spiro atoms. The van der Waals surface area contributed by atoms with Gasteiger partial charge in [-0.3, -0.25) is 9.97 Å². The first-order valence-electron chi connectivity index (χ1n) is 5.39. The summed E-state index contributed by atoms with van der Waals surface area (Å²) in [5, 5.41) is 3.41. The van der Waals surface area contributed by atoms with Crippen LogP contribution < -0.4 is 5.32 Å². The topological polar surface area (TPSA) is 37.8 Å². The third-order valence-electron chi connectivity index (χ3n) is 2.47. The summed E-state index contributed by atoms with van der Waals surface area (Å²) in [6, 6.07) is 10.2. The monoisotopic (exact) mass is 213 g/mol. The zero-order chi connectivity index (χ0) is 11.2. The van der Waals surface area contributed by atoms with Crippen LogP contribution in [0.15, 0.2) is 48.9 Å². The van der Waals surface area contributed by atoms with E-state index in [2.05, 4.69) is 28.3 Å². The summed E-state index contributed by atoms with van der Waals surface area (Å²) in [6.07, 6.45) is 5.47. The van der Waals surface area contributed by atoms with Gasteiger partial charge in [0.05, 0.1) is 5.69 Å². The van der Waals surface area contributed by atoms with E-state index in [-0.39, 0.29) is 6.04 Å². The lowest BCUT2D eigenvalue weighted by Gasteiger charge is -2.12. The Hall–Kier alpha value is -1.74. The maximum atomic E-state index is 4.31. The summed E-state index contributed by atoms with van der Waals surface area (Å²) >= 11 is 0. The molecule has 1 atom stereocenters. The number of hydrogen-bond acceptors (Lipinski definition) is 3. The van der Waals surface area contributed by atoms with Crippen LogP contribution in [0.2, 0.25) is 0 Å². The number of nitrogens with one attached hydrogen (secondary N) is 1. The molecule has 0 fully saturated rings. The Balaban J connectivity index is 1.92. The predicted molar refractivity (Wildman–Crippen MR) is 63.7 cm³/mol. The van der Waals surface area contributed by atoms with Gasteiger partial charge in [0.1, 0.15) is 0 Å². The van der Waals surface area contributed by atoms with E-state index < -0.39 is 0 Å². The molecule has 82 valence electrons. The fourth-order valence-electron chi connectivity index (χ4n) is 1.51. The fraction of sp³-hybridized carbons (Fsp3) is 0.231. The molecular formula is C13H15N3. The van der Waals surface area contributed by atoms with Crippen molar-refractivity contribution >= 4 is 0 Å². The highest BCUT2D eigenvalue weighted by Crippen LogP contribution is 2.08. The average Bonchev–Trinajstić information content (AvgIpc) is 2.38. The first-order chi connectivity index (χ1) is 7.86. The standard InChI is InChI=1S/C13H15N3/c1-11(13-6-2-3-8-15-13)16-10-12-5-4-7-14-9-12/h2-9,11,16H,10H2,1H3/t11-/m1/s1. The number of rotatable bonds is 4. The highest BCUT2D eigenvalue weighted by molar-refractivity contribution is 5.11. The first-order valence-corrected chi connectivity index (χ1v) is 5.39. The smallest absolute Gasteiger partial charge is 0.0570 e. The van der Waals surface area contributed by atoms with Crippen LogP contribution in [0.1, 0.15) is 24.2 Å². The first kappa shape index (κ1) is 10.8. The molecule has 0 unspecified atom stereocenters. The van der Waals surface area contributed by atoms with Crippen LogP contribution in [0.25, 0.3) is 0 Å². The van der Waals surface area contributed by atoms with Crippen molar-refractivity contribution in [1.82, 2.24) is 15.3 Å². The molecule has 0 radical (unpaired) electrons. The van der Waals surface area contributed by atoms with E-state index in [9.17, 15) is 0 Å². The minimum absolute atomic E-state index is 0.251.